The number of carbonyl (C=O) groups is 1. The molecular weight excluding hydrogens is 184 g/mol. The van der Waals surface area contributed by atoms with E-state index in [4.69, 9.17) is 0 Å². The minimum atomic E-state index is 0.285. The van der Waals surface area contributed by atoms with Gasteiger partial charge in [0.15, 0.2) is 0 Å². The largest absolute Gasteiger partial charge is 0.300 e. The van der Waals surface area contributed by atoms with Crippen molar-refractivity contribution in [2.24, 2.45) is 5.92 Å². The first-order valence-electron chi connectivity index (χ1n) is 5.55. The Morgan fingerprint density at radius 2 is 2.00 bits per heavy atom. The van der Waals surface area contributed by atoms with E-state index in [0.717, 1.165) is 6.42 Å². The summed E-state index contributed by atoms with van der Waals surface area (Å²) in [5.74, 6) is 0.732. The van der Waals surface area contributed by atoms with Crippen LogP contribution in [-0.2, 0) is 11.2 Å². The zero-order valence-electron chi connectivity index (χ0n) is 10.1. The van der Waals surface area contributed by atoms with Gasteiger partial charge in [0, 0.05) is 6.42 Å². The average molecular weight is 204 g/mol. The molecule has 15 heavy (non-hydrogen) atoms. The minimum absolute atomic E-state index is 0.285. The summed E-state index contributed by atoms with van der Waals surface area (Å²) in [6.07, 6.45) is 1.69. The molecular formula is C14H20O. The summed E-state index contributed by atoms with van der Waals surface area (Å²) < 4.78 is 0. The molecule has 0 aliphatic heterocycles. The third kappa shape index (κ3) is 3.50. The molecule has 0 aliphatic rings. The van der Waals surface area contributed by atoms with Crippen molar-refractivity contribution in [3.8, 4) is 0 Å². The Labute approximate surface area is 92.5 Å². The predicted molar refractivity (Wildman–Crippen MR) is 64.1 cm³/mol. The lowest BCUT2D eigenvalue weighted by molar-refractivity contribution is -0.117. The molecule has 0 amide bonds. The van der Waals surface area contributed by atoms with E-state index in [1.165, 1.54) is 16.7 Å². The molecule has 0 aromatic heterocycles. The molecule has 1 aromatic rings. The summed E-state index contributed by atoms with van der Waals surface area (Å²) in [5, 5.41) is 0. The van der Waals surface area contributed by atoms with Gasteiger partial charge in [-0.25, -0.2) is 0 Å². The van der Waals surface area contributed by atoms with Gasteiger partial charge < -0.3 is 4.79 Å². The van der Waals surface area contributed by atoms with E-state index in [1.807, 2.05) is 0 Å². The highest BCUT2D eigenvalue weighted by Crippen LogP contribution is 2.18. The first-order valence-corrected chi connectivity index (χ1v) is 5.55. The number of aryl methyl sites for hydroxylation is 1. The lowest BCUT2D eigenvalue weighted by Gasteiger charge is -2.13. The topological polar surface area (TPSA) is 17.1 Å². The quantitative estimate of drug-likeness (QED) is 0.734. The van der Waals surface area contributed by atoms with Crippen LogP contribution in [0, 0.1) is 19.8 Å². The normalized spacial score (nSPS) is 12.5. The molecule has 1 rings (SSSR count). The van der Waals surface area contributed by atoms with Crippen LogP contribution in [0.4, 0.5) is 0 Å². The molecule has 1 atom stereocenters. The third-order valence-electron chi connectivity index (χ3n) is 2.92. The standard InChI is InChI=1S/C14H20O/c1-10(8-12(3)15)9-14-7-5-6-11(2)13(14)4/h5-7,10H,8-9H2,1-4H3. The molecule has 0 radical (unpaired) electrons. The molecule has 0 saturated carbocycles. The second kappa shape index (κ2) is 5.11. The molecule has 1 unspecified atom stereocenters. The van der Waals surface area contributed by atoms with Crippen molar-refractivity contribution >= 4 is 5.78 Å². The smallest absolute Gasteiger partial charge is 0.130 e. The van der Waals surface area contributed by atoms with Crippen LogP contribution in [0.1, 0.15) is 37.0 Å². The van der Waals surface area contributed by atoms with Crippen LogP contribution in [0.25, 0.3) is 0 Å². The summed E-state index contributed by atoms with van der Waals surface area (Å²) in [4.78, 5) is 11.0. The van der Waals surface area contributed by atoms with E-state index in [0.29, 0.717) is 12.3 Å². The molecule has 82 valence electrons. The SMILES string of the molecule is CC(=O)CC(C)Cc1cccc(C)c1C. The molecule has 1 aromatic carbocycles. The Bertz CT molecular complexity index is 352. The first kappa shape index (κ1) is 12.0. The molecule has 1 nitrogen and oxygen atoms in total. The maximum absolute atomic E-state index is 11.0. The molecule has 0 bridgehead atoms. The van der Waals surface area contributed by atoms with Crippen molar-refractivity contribution in [2.45, 2.75) is 40.5 Å². The van der Waals surface area contributed by atoms with Crippen LogP contribution in [-0.4, -0.2) is 5.78 Å². The summed E-state index contributed by atoms with van der Waals surface area (Å²) in [7, 11) is 0. The average Bonchev–Trinajstić information content (AvgIpc) is 2.11. The first-order chi connectivity index (χ1) is 7.00. The second-order valence-corrected chi connectivity index (χ2v) is 4.57. The number of Topliss-reactive ketones (excluding diaryl/α,β-unsaturated/α-hetero) is 1. The highest BCUT2D eigenvalue weighted by atomic mass is 16.1. The maximum atomic E-state index is 11.0. The Morgan fingerprint density at radius 3 is 2.60 bits per heavy atom. The van der Waals surface area contributed by atoms with Crippen molar-refractivity contribution < 1.29 is 4.79 Å². The van der Waals surface area contributed by atoms with Crippen LogP contribution >= 0.6 is 0 Å². The minimum Gasteiger partial charge on any atom is -0.300 e. The van der Waals surface area contributed by atoms with Gasteiger partial charge in [-0.05, 0) is 49.8 Å². The van der Waals surface area contributed by atoms with Gasteiger partial charge in [-0.3, -0.25) is 0 Å². The molecule has 0 heterocycles. The highest BCUT2D eigenvalue weighted by molar-refractivity contribution is 5.75. The van der Waals surface area contributed by atoms with Gasteiger partial charge in [0.05, 0.1) is 0 Å². The van der Waals surface area contributed by atoms with Gasteiger partial charge in [0.25, 0.3) is 0 Å². The zero-order valence-corrected chi connectivity index (χ0v) is 10.1. The van der Waals surface area contributed by atoms with Crippen molar-refractivity contribution in [3.63, 3.8) is 0 Å². The lowest BCUT2D eigenvalue weighted by Crippen LogP contribution is -2.06. The summed E-state index contributed by atoms with van der Waals surface area (Å²) in [6, 6.07) is 6.39. The fourth-order valence-electron chi connectivity index (χ4n) is 1.97. The number of ketones is 1. The molecule has 0 spiro atoms. The Kier molecular flexibility index (Phi) is 4.07. The van der Waals surface area contributed by atoms with Gasteiger partial charge in [-0.2, -0.15) is 0 Å². The maximum Gasteiger partial charge on any atom is 0.130 e. The van der Waals surface area contributed by atoms with E-state index in [9.17, 15) is 4.79 Å². The van der Waals surface area contributed by atoms with Crippen LogP contribution < -0.4 is 0 Å². The van der Waals surface area contributed by atoms with E-state index in [1.54, 1.807) is 6.92 Å². The van der Waals surface area contributed by atoms with Crippen LogP contribution in [0.15, 0.2) is 18.2 Å². The summed E-state index contributed by atoms with van der Waals surface area (Å²) >= 11 is 0. The number of hydrogen-bond donors (Lipinski definition) is 0. The van der Waals surface area contributed by atoms with Gasteiger partial charge in [-0.15, -0.1) is 0 Å². The highest BCUT2D eigenvalue weighted by Gasteiger charge is 2.08. The second-order valence-electron chi connectivity index (χ2n) is 4.57. The van der Waals surface area contributed by atoms with Crippen LogP contribution in [0.5, 0.6) is 0 Å². The molecule has 0 N–H and O–H groups in total. The molecule has 0 fully saturated rings. The Hall–Kier alpha value is -1.11. The van der Waals surface area contributed by atoms with Crippen LogP contribution in [0.2, 0.25) is 0 Å². The van der Waals surface area contributed by atoms with Crippen LogP contribution in [0.3, 0.4) is 0 Å². The number of hydrogen-bond acceptors (Lipinski definition) is 1. The monoisotopic (exact) mass is 204 g/mol. The predicted octanol–water partition coefficient (Wildman–Crippen LogP) is 3.46. The Morgan fingerprint density at radius 1 is 1.33 bits per heavy atom. The van der Waals surface area contributed by atoms with Crippen molar-refractivity contribution in [3.05, 3.63) is 34.9 Å². The van der Waals surface area contributed by atoms with E-state index in [2.05, 4.69) is 39.0 Å². The van der Waals surface area contributed by atoms with E-state index >= 15 is 0 Å². The van der Waals surface area contributed by atoms with Gasteiger partial charge in [0.1, 0.15) is 5.78 Å². The Balaban J connectivity index is 2.72. The van der Waals surface area contributed by atoms with Gasteiger partial charge in [0.2, 0.25) is 0 Å². The molecule has 1 heteroatoms. The zero-order chi connectivity index (χ0) is 11.4. The number of carbonyl (C=O) groups excluding carboxylic acids is 1. The fourth-order valence-corrected chi connectivity index (χ4v) is 1.97. The molecule has 0 aliphatic carbocycles. The van der Waals surface area contributed by atoms with Crippen molar-refractivity contribution in [1.82, 2.24) is 0 Å². The number of rotatable bonds is 4. The van der Waals surface area contributed by atoms with Crippen molar-refractivity contribution in [2.75, 3.05) is 0 Å². The van der Waals surface area contributed by atoms with E-state index in [-0.39, 0.29) is 5.78 Å². The van der Waals surface area contributed by atoms with Gasteiger partial charge >= 0.3 is 0 Å². The lowest BCUT2D eigenvalue weighted by atomic mass is 9.92. The fraction of sp³-hybridized carbons (Fsp3) is 0.500. The number of benzene rings is 1. The summed E-state index contributed by atoms with van der Waals surface area (Å²) in [6.45, 7) is 8.10. The van der Waals surface area contributed by atoms with E-state index < -0.39 is 0 Å². The molecule has 0 saturated heterocycles. The van der Waals surface area contributed by atoms with Gasteiger partial charge in [-0.1, -0.05) is 25.1 Å². The third-order valence-corrected chi connectivity index (χ3v) is 2.92. The van der Waals surface area contributed by atoms with Crippen molar-refractivity contribution in [1.29, 1.82) is 0 Å². The summed E-state index contributed by atoms with van der Waals surface area (Å²) in [5.41, 5.74) is 4.08.